The highest BCUT2D eigenvalue weighted by Gasteiger charge is 2.20. The van der Waals surface area contributed by atoms with E-state index in [1.165, 1.54) is 11.3 Å². The van der Waals surface area contributed by atoms with Gasteiger partial charge in [-0.15, -0.1) is 11.3 Å². The number of aryl methyl sites for hydroxylation is 1. The third-order valence-electron chi connectivity index (χ3n) is 4.66. The minimum Gasteiger partial charge on any atom is -0.491 e. The van der Waals surface area contributed by atoms with Crippen LogP contribution in [0.15, 0.2) is 78.3 Å². The second kappa shape index (κ2) is 9.59. The molecule has 2 aromatic heterocycles. The number of nitrogens with one attached hydrogen (secondary N) is 1. The maximum absolute atomic E-state index is 12.9. The second-order valence-electron chi connectivity index (χ2n) is 7.14. The van der Waals surface area contributed by atoms with E-state index < -0.39 is 6.10 Å². The van der Waals surface area contributed by atoms with Gasteiger partial charge in [-0.3, -0.25) is 4.79 Å². The number of hydrogen-bond donors (Lipinski definition) is 2. The van der Waals surface area contributed by atoms with Crippen LogP contribution < -0.4 is 10.1 Å². The average Bonchev–Trinajstić information content (AvgIpc) is 3.46. The highest BCUT2D eigenvalue weighted by Crippen LogP contribution is 2.27. The molecular weight excluding hydrogens is 410 g/mol. The van der Waals surface area contributed by atoms with Crippen LogP contribution in [0.1, 0.15) is 15.9 Å². The van der Waals surface area contributed by atoms with E-state index in [4.69, 9.17) is 4.74 Å². The van der Waals surface area contributed by atoms with Crippen molar-refractivity contribution in [3.63, 3.8) is 0 Å². The number of nitrogens with zero attached hydrogens (tertiary/aromatic N) is 2. The SMILES string of the molecule is Cc1cccc(OCC(O)CNC(=O)c2cn(-c3ccccc3)nc2-c2cccs2)c1. The molecule has 1 amide bonds. The molecular formula is C24H23N3O3S. The van der Waals surface area contributed by atoms with Gasteiger partial charge in [0.1, 0.15) is 24.2 Å². The maximum Gasteiger partial charge on any atom is 0.255 e. The third kappa shape index (κ3) is 5.20. The molecule has 6 nitrogen and oxygen atoms in total. The number of para-hydroxylation sites is 1. The van der Waals surface area contributed by atoms with Crippen LogP contribution in [0.25, 0.3) is 16.3 Å². The fourth-order valence-electron chi connectivity index (χ4n) is 3.11. The Kier molecular flexibility index (Phi) is 6.45. The molecule has 1 unspecified atom stereocenters. The van der Waals surface area contributed by atoms with Crippen LogP contribution >= 0.6 is 11.3 Å². The van der Waals surface area contributed by atoms with Gasteiger partial charge in [-0.05, 0) is 48.2 Å². The van der Waals surface area contributed by atoms with Crippen LogP contribution in [-0.2, 0) is 0 Å². The zero-order valence-corrected chi connectivity index (χ0v) is 17.9. The summed E-state index contributed by atoms with van der Waals surface area (Å²) >= 11 is 1.52. The van der Waals surface area contributed by atoms with Crippen LogP contribution in [0.5, 0.6) is 5.75 Å². The van der Waals surface area contributed by atoms with E-state index in [1.54, 1.807) is 10.9 Å². The van der Waals surface area contributed by atoms with E-state index >= 15 is 0 Å². The summed E-state index contributed by atoms with van der Waals surface area (Å²) in [5, 5.41) is 19.6. The van der Waals surface area contributed by atoms with E-state index in [1.807, 2.05) is 79.0 Å². The minimum atomic E-state index is -0.834. The van der Waals surface area contributed by atoms with E-state index in [9.17, 15) is 9.90 Å². The molecule has 2 aromatic carbocycles. The quantitative estimate of drug-likeness (QED) is 0.439. The molecule has 158 valence electrons. The summed E-state index contributed by atoms with van der Waals surface area (Å²) in [5.74, 6) is 0.398. The maximum atomic E-state index is 12.9. The number of aliphatic hydroxyl groups is 1. The molecule has 31 heavy (non-hydrogen) atoms. The number of carbonyl (C=O) groups is 1. The number of rotatable bonds is 8. The second-order valence-corrected chi connectivity index (χ2v) is 8.09. The highest BCUT2D eigenvalue weighted by atomic mass is 32.1. The molecule has 0 aliphatic carbocycles. The van der Waals surface area contributed by atoms with Crippen LogP contribution in [0.4, 0.5) is 0 Å². The van der Waals surface area contributed by atoms with Gasteiger partial charge in [0, 0.05) is 12.7 Å². The summed E-state index contributed by atoms with van der Waals surface area (Å²) in [5.41, 5.74) is 3.02. The zero-order valence-electron chi connectivity index (χ0n) is 17.1. The van der Waals surface area contributed by atoms with Gasteiger partial charge in [0.25, 0.3) is 5.91 Å². The normalized spacial score (nSPS) is 11.8. The average molecular weight is 434 g/mol. The number of aliphatic hydroxyl groups excluding tert-OH is 1. The summed E-state index contributed by atoms with van der Waals surface area (Å²) in [7, 11) is 0. The van der Waals surface area contributed by atoms with Gasteiger partial charge in [0.2, 0.25) is 0 Å². The summed E-state index contributed by atoms with van der Waals surface area (Å²) in [6.07, 6.45) is 0.883. The molecule has 4 rings (SSSR count). The molecule has 0 saturated heterocycles. The Morgan fingerprint density at radius 1 is 1.16 bits per heavy atom. The number of amides is 1. The number of thiophene rings is 1. The van der Waals surface area contributed by atoms with Crippen LogP contribution in [-0.4, -0.2) is 40.0 Å². The van der Waals surface area contributed by atoms with Gasteiger partial charge in [0.15, 0.2) is 0 Å². The molecule has 1 atom stereocenters. The lowest BCUT2D eigenvalue weighted by molar-refractivity contribution is 0.0844. The van der Waals surface area contributed by atoms with E-state index in [-0.39, 0.29) is 19.1 Å². The number of benzene rings is 2. The van der Waals surface area contributed by atoms with Gasteiger partial charge in [-0.25, -0.2) is 4.68 Å². The first-order valence-corrected chi connectivity index (χ1v) is 10.8. The molecule has 0 spiro atoms. The summed E-state index contributed by atoms with van der Waals surface area (Å²) in [4.78, 5) is 13.8. The summed E-state index contributed by atoms with van der Waals surface area (Å²) < 4.78 is 7.31. The van der Waals surface area contributed by atoms with Crippen molar-refractivity contribution in [3.8, 4) is 22.0 Å². The Labute approximate surface area is 184 Å². The fraction of sp³-hybridized carbons (Fsp3) is 0.167. The van der Waals surface area contributed by atoms with E-state index in [2.05, 4.69) is 10.4 Å². The van der Waals surface area contributed by atoms with Crippen LogP contribution in [0.3, 0.4) is 0 Å². The number of ether oxygens (including phenoxy) is 1. The number of aromatic nitrogens is 2. The molecule has 0 bridgehead atoms. The van der Waals surface area contributed by atoms with Gasteiger partial charge in [-0.1, -0.05) is 36.4 Å². The lowest BCUT2D eigenvalue weighted by Gasteiger charge is -2.13. The molecule has 7 heteroatoms. The molecule has 2 heterocycles. The van der Waals surface area contributed by atoms with Crippen molar-refractivity contribution in [3.05, 3.63) is 89.4 Å². The first-order valence-electron chi connectivity index (χ1n) is 9.95. The smallest absolute Gasteiger partial charge is 0.255 e. The Morgan fingerprint density at radius 3 is 2.74 bits per heavy atom. The highest BCUT2D eigenvalue weighted by molar-refractivity contribution is 7.13. The lowest BCUT2D eigenvalue weighted by atomic mass is 10.2. The van der Waals surface area contributed by atoms with Gasteiger partial charge in [-0.2, -0.15) is 5.10 Å². The van der Waals surface area contributed by atoms with Crippen LogP contribution in [0, 0.1) is 6.92 Å². The minimum absolute atomic E-state index is 0.0745. The first kappa shape index (κ1) is 20.8. The monoisotopic (exact) mass is 433 g/mol. The molecule has 0 fully saturated rings. The fourth-order valence-corrected chi connectivity index (χ4v) is 3.83. The summed E-state index contributed by atoms with van der Waals surface area (Å²) in [6.45, 7) is 2.14. The number of carbonyl (C=O) groups excluding carboxylic acids is 1. The number of hydrogen-bond acceptors (Lipinski definition) is 5. The topological polar surface area (TPSA) is 76.4 Å². The lowest BCUT2D eigenvalue weighted by Crippen LogP contribution is -2.35. The van der Waals surface area contributed by atoms with Crippen molar-refractivity contribution in [1.29, 1.82) is 0 Å². The molecule has 0 saturated carbocycles. The van der Waals surface area contributed by atoms with Crippen molar-refractivity contribution in [2.24, 2.45) is 0 Å². The molecule has 2 N–H and O–H groups in total. The standard InChI is InChI=1S/C24H23N3O3S/c1-17-7-5-10-20(13-17)30-16-19(28)14-25-24(29)21-15-27(18-8-3-2-4-9-18)26-23(21)22-11-6-12-31-22/h2-13,15,19,28H,14,16H2,1H3,(H,25,29). The largest absolute Gasteiger partial charge is 0.491 e. The molecule has 0 radical (unpaired) electrons. The predicted octanol–water partition coefficient (Wildman–Crippen LogP) is 4.08. The van der Waals surface area contributed by atoms with Crippen LogP contribution in [0.2, 0.25) is 0 Å². The van der Waals surface area contributed by atoms with E-state index in [0.29, 0.717) is 17.0 Å². The Hall–Kier alpha value is -3.42. The van der Waals surface area contributed by atoms with Crippen molar-refractivity contribution in [2.75, 3.05) is 13.2 Å². The van der Waals surface area contributed by atoms with Crippen molar-refractivity contribution < 1.29 is 14.6 Å². The molecule has 4 aromatic rings. The van der Waals surface area contributed by atoms with Crippen molar-refractivity contribution in [1.82, 2.24) is 15.1 Å². The Morgan fingerprint density at radius 2 is 2.00 bits per heavy atom. The Balaban J connectivity index is 1.44. The molecule has 0 aliphatic heterocycles. The van der Waals surface area contributed by atoms with Crippen molar-refractivity contribution >= 4 is 17.2 Å². The van der Waals surface area contributed by atoms with Crippen molar-refractivity contribution in [2.45, 2.75) is 13.0 Å². The van der Waals surface area contributed by atoms with Gasteiger partial charge < -0.3 is 15.2 Å². The third-order valence-corrected chi connectivity index (χ3v) is 5.54. The predicted molar refractivity (Wildman–Crippen MR) is 122 cm³/mol. The Bertz CT molecular complexity index is 1140. The van der Waals surface area contributed by atoms with Gasteiger partial charge in [0.05, 0.1) is 16.1 Å². The summed E-state index contributed by atoms with van der Waals surface area (Å²) in [6, 6.07) is 21.1. The molecule has 0 aliphatic rings. The van der Waals surface area contributed by atoms with Gasteiger partial charge >= 0.3 is 0 Å². The zero-order chi connectivity index (χ0) is 21.6. The van der Waals surface area contributed by atoms with E-state index in [0.717, 1.165) is 16.1 Å². The first-order chi connectivity index (χ1) is 15.1.